The molecule has 0 bridgehead atoms. The van der Waals surface area contributed by atoms with Crippen LogP contribution in [0.3, 0.4) is 0 Å². The molecule has 2 N–H and O–H groups in total. The molecule has 33 heavy (non-hydrogen) atoms. The highest BCUT2D eigenvalue weighted by Gasteiger charge is 2.10. The summed E-state index contributed by atoms with van der Waals surface area (Å²) in [7, 11) is 0. The van der Waals surface area contributed by atoms with Crippen molar-refractivity contribution in [1.29, 1.82) is 0 Å². The van der Waals surface area contributed by atoms with E-state index in [9.17, 15) is 4.39 Å². The molecular formula is C26H25FN6. The van der Waals surface area contributed by atoms with Crippen LogP contribution in [0, 0.1) is 26.6 Å². The fourth-order valence-corrected chi connectivity index (χ4v) is 4.21. The van der Waals surface area contributed by atoms with Crippen molar-refractivity contribution in [1.82, 2.24) is 24.7 Å². The van der Waals surface area contributed by atoms with Gasteiger partial charge in [0.1, 0.15) is 18.0 Å². The molecule has 0 radical (unpaired) electrons. The number of benzene rings is 2. The Morgan fingerprint density at radius 3 is 2.39 bits per heavy atom. The molecular weight excluding hydrogens is 415 g/mol. The highest BCUT2D eigenvalue weighted by molar-refractivity contribution is 5.84. The van der Waals surface area contributed by atoms with Crippen molar-refractivity contribution in [2.75, 3.05) is 11.9 Å². The van der Waals surface area contributed by atoms with Crippen molar-refractivity contribution in [3.05, 3.63) is 83.7 Å². The van der Waals surface area contributed by atoms with Crippen LogP contribution in [0.25, 0.3) is 33.4 Å². The number of halogens is 1. The largest absolute Gasteiger partial charge is 0.368 e. The summed E-state index contributed by atoms with van der Waals surface area (Å²) in [6.45, 7) is 7.34. The minimum absolute atomic E-state index is 0.207. The number of fused-ring (bicyclic) bond motifs is 1. The average Bonchev–Trinajstić information content (AvgIpc) is 3.38. The number of nitrogens with zero attached hydrogens (tertiary/aromatic N) is 4. The summed E-state index contributed by atoms with van der Waals surface area (Å²) in [5.41, 5.74) is 7.84. The Morgan fingerprint density at radius 1 is 0.909 bits per heavy atom. The molecule has 3 heterocycles. The molecule has 0 atom stereocenters. The Bertz CT molecular complexity index is 1430. The number of hydrogen-bond acceptors (Lipinski definition) is 4. The Morgan fingerprint density at radius 2 is 1.67 bits per heavy atom. The number of aromatic amines is 1. The Balaban J connectivity index is 1.30. The van der Waals surface area contributed by atoms with Crippen LogP contribution in [0.4, 0.5) is 10.2 Å². The Kier molecular flexibility index (Phi) is 5.38. The number of nitrogens with one attached hydrogen (secondary N) is 2. The molecule has 5 rings (SSSR count). The minimum atomic E-state index is -0.207. The zero-order chi connectivity index (χ0) is 22.9. The third-order valence-corrected chi connectivity index (χ3v) is 5.89. The molecule has 166 valence electrons. The second kappa shape index (κ2) is 8.50. The van der Waals surface area contributed by atoms with E-state index in [4.69, 9.17) is 0 Å². The summed E-state index contributed by atoms with van der Waals surface area (Å²) in [4.78, 5) is 8.79. The number of aromatic nitrogens is 5. The van der Waals surface area contributed by atoms with Gasteiger partial charge in [-0.15, -0.1) is 0 Å². The van der Waals surface area contributed by atoms with Gasteiger partial charge in [0.2, 0.25) is 0 Å². The Labute approximate surface area is 191 Å². The maximum atomic E-state index is 14.0. The summed E-state index contributed by atoms with van der Waals surface area (Å²) >= 11 is 0. The lowest BCUT2D eigenvalue weighted by atomic mass is 10.1. The first-order valence-corrected chi connectivity index (χ1v) is 10.9. The molecule has 0 fully saturated rings. The molecule has 0 aliphatic rings. The van der Waals surface area contributed by atoms with E-state index >= 15 is 0 Å². The maximum absolute atomic E-state index is 14.0. The van der Waals surface area contributed by atoms with Gasteiger partial charge < -0.3 is 9.88 Å². The number of rotatable bonds is 6. The molecule has 0 aliphatic carbocycles. The normalized spacial score (nSPS) is 11.3. The van der Waals surface area contributed by atoms with Crippen molar-refractivity contribution in [2.24, 2.45) is 0 Å². The van der Waals surface area contributed by atoms with Crippen LogP contribution < -0.4 is 5.32 Å². The predicted molar refractivity (Wildman–Crippen MR) is 130 cm³/mol. The smallest absolute Gasteiger partial charge is 0.130 e. The van der Waals surface area contributed by atoms with Gasteiger partial charge >= 0.3 is 0 Å². The topological polar surface area (TPSA) is 71.4 Å². The van der Waals surface area contributed by atoms with E-state index in [2.05, 4.69) is 36.1 Å². The van der Waals surface area contributed by atoms with Crippen LogP contribution in [0.15, 0.2) is 60.9 Å². The lowest BCUT2D eigenvalue weighted by Crippen LogP contribution is -2.12. The summed E-state index contributed by atoms with van der Waals surface area (Å²) in [6.07, 6.45) is 1.57. The molecule has 5 aromatic rings. The van der Waals surface area contributed by atoms with Gasteiger partial charge in [0.15, 0.2) is 0 Å². The molecule has 3 aromatic heterocycles. The van der Waals surface area contributed by atoms with Gasteiger partial charge in [0.05, 0.1) is 16.9 Å². The summed E-state index contributed by atoms with van der Waals surface area (Å²) in [5.74, 6) is 0.546. The fourth-order valence-electron chi connectivity index (χ4n) is 4.21. The van der Waals surface area contributed by atoms with Crippen LogP contribution in [-0.2, 0) is 6.54 Å². The zero-order valence-electron chi connectivity index (χ0n) is 18.9. The van der Waals surface area contributed by atoms with Gasteiger partial charge in [-0.25, -0.2) is 14.4 Å². The monoisotopic (exact) mass is 440 g/mol. The van der Waals surface area contributed by atoms with Crippen LogP contribution in [0.5, 0.6) is 0 Å². The highest BCUT2D eigenvalue weighted by Crippen LogP contribution is 2.25. The van der Waals surface area contributed by atoms with Crippen molar-refractivity contribution in [2.45, 2.75) is 27.3 Å². The van der Waals surface area contributed by atoms with Gasteiger partial charge in [-0.05, 0) is 50.6 Å². The van der Waals surface area contributed by atoms with Crippen molar-refractivity contribution in [3.63, 3.8) is 0 Å². The van der Waals surface area contributed by atoms with Crippen molar-refractivity contribution < 1.29 is 4.39 Å². The van der Waals surface area contributed by atoms with E-state index in [-0.39, 0.29) is 5.82 Å². The second-order valence-electron chi connectivity index (χ2n) is 8.32. The van der Waals surface area contributed by atoms with Gasteiger partial charge in [0.25, 0.3) is 0 Å². The highest BCUT2D eigenvalue weighted by atomic mass is 19.1. The van der Waals surface area contributed by atoms with E-state index in [1.54, 1.807) is 18.5 Å². The fraction of sp³-hybridized carbons (Fsp3) is 0.192. The first kappa shape index (κ1) is 20.9. The van der Waals surface area contributed by atoms with Crippen molar-refractivity contribution in [3.8, 4) is 22.5 Å². The minimum Gasteiger partial charge on any atom is -0.368 e. The second-order valence-corrected chi connectivity index (χ2v) is 8.32. The molecule has 0 aliphatic heterocycles. The van der Waals surface area contributed by atoms with E-state index in [0.717, 1.165) is 56.2 Å². The summed E-state index contributed by atoms with van der Waals surface area (Å²) in [5, 5.41) is 11.7. The molecule has 0 amide bonds. The number of H-pyrrole nitrogens is 1. The van der Waals surface area contributed by atoms with Crippen LogP contribution in [-0.4, -0.2) is 31.3 Å². The molecule has 6 nitrogen and oxygen atoms in total. The molecule has 0 spiro atoms. The predicted octanol–water partition coefficient (Wildman–Crippen LogP) is 5.66. The molecule has 0 saturated heterocycles. The quantitative estimate of drug-likeness (QED) is 0.357. The van der Waals surface area contributed by atoms with Crippen LogP contribution in [0.2, 0.25) is 0 Å². The number of anilines is 1. The van der Waals surface area contributed by atoms with Gasteiger partial charge in [0, 0.05) is 47.1 Å². The Hall–Kier alpha value is -4.00. The first-order chi connectivity index (χ1) is 16.0. The SMILES string of the molecule is Cc1cc(-c2ccc(-c3cc(NCCn4c(C)cc5c(C)cc(F)cc54)ncn3)cc2)n[nH]1. The number of hydrogen-bond donors (Lipinski definition) is 2. The average molecular weight is 441 g/mol. The third kappa shape index (κ3) is 4.22. The maximum Gasteiger partial charge on any atom is 0.130 e. The van der Waals surface area contributed by atoms with Gasteiger partial charge in [-0.3, -0.25) is 5.10 Å². The van der Waals surface area contributed by atoms with Crippen LogP contribution >= 0.6 is 0 Å². The molecule has 0 unspecified atom stereocenters. The van der Waals surface area contributed by atoms with Gasteiger partial charge in [-0.1, -0.05) is 24.3 Å². The standard InChI is InChI=1S/C26H25FN6/c1-16-10-21(27)13-25-22(16)12-18(3)33(25)9-8-28-26-14-23(29-15-30-26)19-4-6-20(7-5-19)24-11-17(2)31-32-24/h4-7,10-15H,8-9H2,1-3H3,(H,31,32)(H,28,29,30). The summed E-state index contributed by atoms with van der Waals surface area (Å²) < 4.78 is 16.1. The zero-order valence-corrected chi connectivity index (χ0v) is 18.9. The van der Waals surface area contributed by atoms with E-state index in [0.29, 0.717) is 13.1 Å². The van der Waals surface area contributed by atoms with Gasteiger partial charge in [-0.2, -0.15) is 5.10 Å². The van der Waals surface area contributed by atoms with E-state index in [1.165, 1.54) is 0 Å². The summed E-state index contributed by atoms with van der Waals surface area (Å²) in [6, 6.07) is 17.4. The lowest BCUT2D eigenvalue weighted by Gasteiger charge is -2.11. The molecule has 7 heteroatoms. The third-order valence-electron chi connectivity index (χ3n) is 5.89. The first-order valence-electron chi connectivity index (χ1n) is 10.9. The van der Waals surface area contributed by atoms with Crippen LogP contribution in [0.1, 0.15) is 17.0 Å². The van der Waals surface area contributed by atoms with Crippen molar-refractivity contribution >= 4 is 16.7 Å². The van der Waals surface area contributed by atoms with E-state index < -0.39 is 0 Å². The molecule has 2 aromatic carbocycles. The number of aryl methyl sites for hydroxylation is 3. The lowest BCUT2D eigenvalue weighted by molar-refractivity contribution is 0.626. The molecule has 0 saturated carbocycles. The van der Waals surface area contributed by atoms with E-state index in [1.807, 2.05) is 57.2 Å².